The SMILES string of the molecule is CCCCCCCCCC(CCCOCC1CO1)CC(OCC)OCC. The number of epoxide rings is 1. The van der Waals surface area contributed by atoms with Crippen molar-refractivity contribution < 1.29 is 18.9 Å². The van der Waals surface area contributed by atoms with Crippen molar-refractivity contribution in [1.29, 1.82) is 0 Å². The highest BCUT2D eigenvalue weighted by atomic mass is 16.7. The summed E-state index contributed by atoms with van der Waals surface area (Å²) in [4.78, 5) is 0. The second-order valence-corrected chi connectivity index (χ2v) is 7.52. The van der Waals surface area contributed by atoms with Gasteiger partial charge in [-0.25, -0.2) is 0 Å². The molecule has 0 spiro atoms. The van der Waals surface area contributed by atoms with Gasteiger partial charge in [-0.15, -0.1) is 0 Å². The van der Waals surface area contributed by atoms with Crippen LogP contribution in [0.2, 0.25) is 0 Å². The van der Waals surface area contributed by atoms with Crippen LogP contribution < -0.4 is 0 Å². The zero-order chi connectivity index (χ0) is 18.9. The predicted octanol–water partition coefficient (Wildman–Crippen LogP) is 5.73. The van der Waals surface area contributed by atoms with Crippen LogP contribution in [0, 0.1) is 5.92 Å². The molecule has 1 aliphatic heterocycles. The Bertz CT molecular complexity index is 288. The van der Waals surface area contributed by atoms with Crippen LogP contribution in [0.15, 0.2) is 0 Å². The maximum absolute atomic E-state index is 5.78. The summed E-state index contributed by atoms with van der Waals surface area (Å²) in [6.45, 7) is 10.3. The summed E-state index contributed by atoms with van der Waals surface area (Å²) in [6.07, 6.45) is 14.6. The van der Waals surface area contributed by atoms with Gasteiger partial charge in [0.2, 0.25) is 0 Å². The lowest BCUT2D eigenvalue weighted by atomic mass is 9.92. The van der Waals surface area contributed by atoms with E-state index in [4.69, 9.17) is 18.9 Å². The van der Waals surface area contributed by atoms with Crippen LogP contribution in [0.25, 0.3) is 0 Å². The summed E-state index contributed by atoms with van der Waals surface area (Å²) in [6, 6.07) is 0. The van der Waals surface area contributed by atoms with Gasteiger partial charge in [-0.05, 0) is 32.6 Å². The molecule has 2 unspecified atom stereocenters. The third-order valence-electron chi connectivity index (χ3n) is 5.05. The summed E-state index contributed by atoms with van der Waals surface area (Å²) in [5, 5.41) is 0. The van der Waals surface area contributed by atoms with E-state index >= 15 is 0 Å². The highest BCUT2D eigenvalue weighted by Gasteiger charge is 2.22. The van der Waals surface area contributed by atoms with Crippen molar-refractivity contribution in [2.75, 3.05) is 33.0 Å². The minimum Gasteiger partial charge on any atom is -0.379 e. The monoisotopic (exact) mass is 372 g/mol. The number of unbranched alkanes of at least 4 members (excludes halogenated alkanes) is 6. The molecule has 0 aromatic rings. The van der Waals surface area contributed by atoms with E-state index in [0.29, 0.717) is 12.0 Å². The maximum Gasteiger partial charge on any atom is 0.157 e. The topological polar surface area (TPSA) is 40.2 Å². The first-order valence-electron chi connectivity index (χ1n) is 11.2. The molecule has 4 nitrogen and oxygen atoms in total. The average molecular weight is 373 g/mol. The van der Waals surface area contributed by atoms with Gasteiger partial charge in [-0.3, -0.25) is 0 Å². The van der Waals surface area contributed by atoms with E-state index in [2.05, 4.69) is 6.92 Å². The lowest BCUT2D eigenvalue weighted by Crippen LogP contribution is -2.22. The number of rotatable bonds is 20. The normalized spacial score (nSPS) is 17.8. The van der Waals surface area contributed by atoms with E-state index in [1.165, 1.54) is 57.8 Å². The Morgan fingerprint density at radius 3 is 2.08 bits per heavy atom. The fourth-order valence-electron chi connectivity index (χ4n) is 3.45. The number of hydrogen-bond acceptors (Lipinski definition) is 4. The molecule has 1 fully saturated rings. The van der Waals surface area contributed by atoms with Gasteiger partial charge in [0.15, 0.2) is 6.29 Å². The van der Waals surface area contributed by atoms with Crippen molar-refractivity contribution >= 4 is 0 Å². The Morgan fingerprint density at radius 1 is 0.846 bits per heavy atom. The van der Waals surface area contributed by atoms with Crippen molar-refractivity contribution in [2.24, 2.45) is 5.92 Å². The maximum atomic E-state index is 5.78. The summed E-state index contributed by atoms with van der Waals surface area (Å²) in [7, 11) is 0. The summed E-state index contributed by atoms with van der Waals surface area (Å²) in [5.41, 5.74) is 0. The predicted molar refractivity (Wildman–Crippen MR) is 108 cm³/mol. The third-order valence-corrected chi connectivity index (χ3v) is 5.05. The molecule has 0 aromatic heterocycles. The van der Waals surface area contributed by atoms with Crippen LogP contribution in [-0.2, 0) is 18.9 Å². The summed E-state index contributed by atoms with van der Waals surface area (Å²) in [5.74, 6) is 0.675. The summed E-state index contributed by atoms with van der Waals surface area (Å²) < 4.78 is 22.4. The Kier molecular flexibility index (Phi) is 15.6. The molecule has 2 atom stereocenters. The largest absolute Gasteiger partial charge is 0.379 e. The lowest BCUT2D eigenvalue weighted by molar-refractivity contribution is -0.147. The third kappa shape index (κ3) is 14.0. The van der Waals surface area contributed by atoms with Gasteiger partial charge in [0.25, 0.3) is 0 Å². The van der Waals surface area contributed by atoms with Crippen LogP contribution in [0.1, 0.15) is 91.4 Å². The van der Waals surface area contributed by atoms with E-state index in [1.807, 2.05) is 13.8 Å². The standard InChI is InChI=1S/C22H44O4/c1-4-7-8-9-10-11-12-14-20(17-22(24-5-2)25-6-3)15-13-16-23-18-21-19-26-21/h20-22H,4-19H2,1-3H3. The molecule has 0 saturated carbocycles. The minimum atomic E-state index is -0.0414. The van der Waals surface area contributed by atoms with E-state index in [1.54, 1.807) is 0 Å². The van der Waals surface area contributed by atoms with Gasteiger partial charge < -0.3 is 18.9 Å². The highest BCUT2D eigenvalue weighted by molar-refractivity contribution is 4.67. The zero-order valence-corrected chi connectivity index (χ0v) is 17.7. The van der Waals surface area contributed by atoms with Crippen LogP contribution in [0.4, 0.5) is 0 Å². The van der Waals surface area contributed by atoms with E-state index in [9.17, 15) is 0 Å². The van der Waals surface area contributed by atoms with Crippen molar-refractivity contribution in [2.45, 2.75) is 104 Å². The van der Waals surface area contributed by atoms with Gasteiger partial charge in [0.05, 0.1) is 13.2 Å². The van der Waals surface area contributed by atoms with Crippen LogP contribution in [0.3, 0.4) is 0 Å². The molecule has 0 N–H and O–H groups in total. The Hall–Kier alpha value is -0.160. The van der Waals surface area contributed by atoms with Crippen molar-refractivity contribution in [1.82, 2.24) is 0 Å². The molecule has 156 valence electrons. The Morgan fingerprint density at radius 2 is 1.46 bits per heavy atom. The molecule has 0 aromatic carbocycles. The molecule has 0 aliphatic carbocycles. The van der Waals surface area contributed by atoms with Crippen molar-refractivity contribution in [3.8, 4) is 0 Å². The lowest BCUT2D eigenvalue weighted by Gasteiger charge is -2.23. The number of hydrogen-bond donors (Lipinski definition) is 0. The van der Waals surface area contributed by atoms with Gasteiger partial charge >= 0.3 is 0 Å². The second kappa shape index (κ2) is 17.0. The molecule has 0 bridgehead atoms. The highest BCUT2D eigenvalue weighted by Crippen LogP contribution is 2.24. The molecular weight excluding hydrogens is 328 g/mol. The Labute approximate surface area is 162 Å². The van der Waals surface area contributed by atoms with Crippen LogP contribution in [-0.4, -0.2) is 45.4 Å². The fraction of sp³-hybridized carbons (Fsp3) is 1.00. The van der Waals surface area contributed by atoms with Crippen LogP contribution in [0.5, 0.6) is 0 Å². The van der Waals surface area contributed by atoms with Gasteiger partial charge in [-0.1, -0.05) is 58.3 Å². The first-order chi connectivity index (χ1) is 12.8. The van der Waals surface area contributed by atoms with Crippen molar-refractivity contribution in [3.63, 3.8) is 0 Å². The molecule has 4 heteroatoms. The first kappa shape index (κ1) is 23.9. The molecule has 26 heavy (non-hydrogen) atoms. The van der Waals surface area contributed by atoms with Crippen LogP contribution >= 0.6 is 0 Å². The minimum absolute atomic E-state index is 0.0414. The van der Waals surface area contributed by atoms with E-state index in [-0.39, 0.29) is 6.29 Å². The molecule has 1 rings (SSSR count). The van der Waals surface area contributed by atoms with Crippen molar-refractivity contribution in [3.05, 3.63) is 0 Å². The van der Waals surface area contributed by atoms with Gasteiger partial charge in [-0.2, -0.15) is 0 Å². The number of ether oxygens (including phenoxy) is 4. The quantitative estimate of drug-likeness (QED) is 0.155. The molecule has 1 saturated heterocycles. The molecule has 1 heterocycles. The van der Waals surface area contributed by atoms with E-state index < -0.39 is 0 Å². The smallest absolute Gasteiger partial charge is 0.157 e. The first-order valence-corrected chi connectivity index (χ1v) is 11.2. The average Bonchev–Trinajstić information content (AvgIpc) is 3.45. The second-order valence-electron chi connectivity index (χ2n) is 7.52. The Balaban J connectivity index is 2.20. The van der Waals surface area contributed by atoms with E-state index in [0.717, 1.165) is 45.9 Å². The molecule has 1 aliphatic rings. The van der Waals surface area contributed by atoms with Gasteiger partial charge in [0.1, 0.15) is 6.10 Å². The van der Waals surface area contributed by atoms with Gasteiger partial charge in [0, 0.05) is 26.2 Å². The molecular formula is C22H44O4. The summed E-state index contributed by atoms with van der Waals surface area (Å²) >= 11 is 0. The zero-order valence-electron chi connectivity index (χ0n) is 17.7. The molecule has 0 amide bonds. The fourth-order valence-corrected chi connectivity index (χ4v) is 3.45. The molecule has 0 radical (unpaired) electrons.